The first-order chi connectivity index (χ1) is 9.01. The van der Waals surface area contributed by atoms with Crippen LogP contribution in [0.4, 0.5) is 0 Å². The molecule has 0 bridgehead atoms. The molecule has 3 nitrogen and oxygen atoms in total. The van der Waals surface area contributed by atoms with Crippen molar-refractivity contribution in [3.8, 4) is 0 Å². The summed E-state index contributed by atoms with van der Waals surface area (Å²) in [4.78, 5) is 13.6. The summed E-state index contributed by atoms with van der Waals surface area (Å²) < 4.78 is 5.43. The standard InChI is InChI=1S/C16H23NO2/c1-6-15(19-16(18)7-2)14-11-9-8-10-13(14)12(3)17(4)5/h7-12,15H,2,6H2,1,3-5H3/t12-,15+/m1/s1. The third kappa shape index (κ3) is 3.93. The number of hydrogen-bond acceptors (Lipinski definition) is 3. The molecule has 2 atom stereocenters. The predicted octanol–water partition coefficient (Wildman–Crippen LogP) is 3.49. The predicted molar refractivity (Wildman–Crippen MR) is 77.9 cm³/mol. The number of ether oxygens (including phenoxy) is 1. The monoisotopic (exact) mass is 261 g/mol. The SMILES string of the molecule is C=CC(=O)O[C@@H](CC)c1ccccc1[C@@H](C)N(C)C. The summed E-state index contributed by atoms with van der Waals surface area (Å²) >= 11 is 0. The first-order valence-electron chi connectivity index (χ1n) is 6.59. The Balaban J connectivity index is 3.09. The first-order valence-corrected chi connectivity index (χ1v) is 6.59. The fourth-order valence-electron chi connectivity index (χ4n) is 2.02. The second-order valence-electron chi connectivity index (χ2n) is 4.81. The van der Waals surface area contributed by atoms with Gasteiger partial charge in [0.25, 0.3) is 0 Å². The third-order valence-electron chi connectivity index (χ3n) is 3.36. The molecule has 3 heteroatoms. The summed E-state index contributed by atoms with van der Waals surface area (Å²) in [5, 5.41) is 0. The molecule has 0 heterocycles. The molecule has 0 radical (unpaired) electrons. The van der Waals surface area contributed by atoms with E-state index in [9.17, 15) is 4.79 Å². The highest BCUT2D eigenvalue weighted by Crippen LogP contribution is 2.30. The van der Waals surface area contributed by atoms with Gasteiger partial charge in [-0.25, -0.2) is 4.79 Å². The van der Waals surface area contributed by atoms with Crippen LogP contribution < -0.4 is 0 Å². The van der Waals surface area contributed by atoms with Gasteiger partial charge in [0.2, 0.25) is 0 Å². The van der Waals surface area contributed by atoms with Gasteiger partial charge in [-0.2, -0.15) is 0 Å². The Morgan fingerprint density at radius 1 is 1.37 bits per heavy atom. The van der Waals surface area contributed by atoms with Crippen LogP contribution in [-0.4, -0.2) is 25.0 Å². The number of esters is 1. The molecule has 104 valence electrons. The maximum Gasteiger partial charge on any atom is 0.330 e. The molecule has 0 N–H and O–H groups in total. The van der Waals surface area contributed by atoms with Gasteiger partial charge in [0.05, 0.1) is 0 Å². The molecule has 1 rings (SSSR count). The molecule has 0 fully saturated rings. The van der Waals surface area contributed by atoms with Crippen molar-refractivity contribution in [3.63, 3.8) is 0 Å². The summed E-state index contributed by atoms with van der Waals surface area (Å²) in [7, 11) is 4.08. The van der Waals surface area contributed by atoms with Crippen molar-refractivity contribution in [2.75, 3.05) is 14.1 Å². The van der Waals surface area contributed by atoms with E-state index in [2.05, 4.69) is 24.5 Å². The van der Waals surface area contributed by atoms with Crippen LogP contribution in [0.5, 0.6) is 0 Å². The zero-order chi connectivity index (χ0) is 14.4. The fourth-order valence-corrected chi connectivity index (χ4v) is 2.02. The van der Waals surface area contributed by atoms with E-state index in [0.29, 0.717) is 0 Å². The van der Waals surface area contributed by atoms with E-state index in [1.807, 2.05) is 39.2 Å². The molecule has 19 heavy (non-hydrogen) atoms. The van der Waals surface area contributed by atoms with Gasteiger partial charge in [-0.05, 0) is 38.6 Å². The van der Waals surface area contributed by atoms with Gasteiger partial charge in [-0.3, -0.25) is 0 Å². The maximum atomic E-state index is 11.4. The number of hydrogen-bond donors (Lipinski definition) is 0. The Morgan fingerprint density at radius 2 is 1.95 bits per heavy atom. The number of nitrogens with zero attached hydrogens (tertiary/aromatic N) is 1. The highest BCUT2D eigenvalue weighted by molar-refractivity contribution is 5.81. The molecule has 0 saturated heterocycles. The van der Waals surface area contributed by atoms with Crippen LogP contribution in [0.15, 0.2) is 36.9 Å². The molecule has 0 aliphatic rings. The Kier molecular flexibility index (Phi) is 5.77. The minimum absolute atomic E-state index is 0.218. The minimum atomic E-state index is -0.376. The van der Waals surface area contributed by atoms with Crippen molar-refractivity contribution < 1.29 is 9.53 Å². The molecule has 0 aliphatic carbocycles. The molecule has 0 saturated carbocycles. The van der Waals surface area contributed by atoms with Crippen LogP contribution in [0.3, 0.4) is 0 Å². The Labute approximate surface area is 115 Å². The Hall–Kier alpha value is -1.61. The van der Waals surface area contributed by atoms with E-state index >= 15 is 0 Å². The average molecular weight is 261 g/mol. The highest BCUT2D eigenvalue weighted by Gasteiger charge is 2.20. The number of carbonyl (C=O) groups is 1. The molecular weight excluding hydrogens is 238 g/mol. The smallest absolute Gasteiger partial charge is 0.330 e. The maximum absolute atomic E-state index is 11.4. The van der Waals surface area contributed by atoms with Crippen molar-refractivity contribution >= 4 is 5.97 Å². The van der Waals surface area contributed by atoms with E-state index in [1.165, 1.54) is 11.6 Å². The van der Waals surface area contributed by atoms with E-state index in [-0.39, 0.29) is 18.1 Å². The van der Waals surface area contributed by atoms with Gasteiger partial charge in [-0.15, -0.1) is 0 Å². The number of benzene rings is 1. The lowest BCUT2D eigenvalue weighted by molar-refractivity contribution is -0.143. The topological polar surface area (TPSA) is 29.5 Å². The van der Waals surface area contributed by atoms with Crippen LogP contribution >= 0.6 is 0 Å². The number of carbonyl (C=O) groups excluding carboxylic acids is 1. The van der Waals surface area contributed by atoms with Crippen molar-refractivity contribution in [1.29, 1.82) is 0 Å². The lowest BCUT2D eigenvalue weighted by atomic mass is 9.95. The van der Waals surface area contributed by atoms with E-state index in [1.54, 1.807) is 0 Å². The Bertz CT molecular complexity index is 440. The second kappa shape index (κ2) is 7.10. The van der Waals surface area contributed by atoms with Gasteiger partial charge in [-0.1, -0.05) is 37.8 Å². The zero-order valence-corrected chi connectivity index (χ0v) is 12.2. The second-order valence-corrected chi connectivity index (χ2v) is 4.81. The van der Waals surface area contributed by atoms with Gasteiger partial charge >= 0.3 is 5.97 Å². The van der Waals surface area contributed by atoms with Gasteiger partial charge in [0.15, 0.2) is 0 Å². The van der Waals surface area contributed by atoms with Crippen LogP contribution in [-0.2, 0) is 9.53 Å². The zero-order valence-electron chi connectivity index (χ0n) is 12.2. The third-order valence-corrected chi connectivity index (χ3v) is 3.36. The molecule has 0 spiro atoms. The van der Waals surface area contributed by atoms with Crippen molar-refractivity contribution in [2.45, 2.75) is 32.4 Å². The largest absolute Gasteiger partial charge is 0.454 e. The van der Waals surface area contributed by atoms with Crippen molar-refractivity contribution in [3.05, 3.63) is 48.0 Å². The quantitative estimate of drug-likeness (QED) is 0.580. The average Bonchev–Trinajstić information content (AvgIpc) is 2.43. The van der Waals surface area contributed by atoms with Crippen molar-refractivity contribution in [1.82, 2.24) is 4.90 Å². The summed E-state index contributed by atoms with van der Waals surface area (Å²) in [5.74, 6) is -0.376. The van der Waals surface area contributed by atoms with Crippen LogP contribution in [0.1, 0.15) is 43.5 Å². The summed E-state index contributed by atoms with van der Waals surface area (Å²) in [6.45, 7) is 7.60. The molecule has 1 aromatic carbocycles. The fraction of sp³-hybridized carbons (Fsp3) is 0.438. The lowest BCUT2D eigenvalue weighted by Gasteiger charge is -2.26. The lowest BCUT2D eigenvalue weighted by Crippen LogP contribution is -2.20. The molecule has 0 amide bonds. The van der Waals surface area contributed by atoms with Crippen molar-refractivity contribution in [2.24, 2.45) is 0 Å². The summed E-state index contributed by atoms with van der Waals surface area (Å²) in [6, 6.07) is 8.38. The molecule has 0 aliphatic heterocycles. The molecule has 1 aromatic rings. The first kappa shape index (κ1) is 15.4. The highest BCUT2D eigenvalue weighted by atomic mass is 16.5. The molecule has 0 unspecified atom stereocenters. The van der Waals surface area contributed by atoms with Crippen LogP contribution in [0, 0.1) is 0 Å². The summed E-state index contributed by atoms with van der Waals surface area (Å²) in [5.41, 5.74) is 2.26. The summed E-state index contributed by atoms with van der Waals surface area (Å²) in [6.07, 6.45) is 1.74. The molecule has 0 aromatic heterocycles. The van der Waals surface area contributed by atoms with Crippen LogP contribution in [0.25, 0.3) is 0 Å². The van der Waals surface area contributed by atoms with Gasteiger partial charge < -0.3 is 9.64 Å². The van der Waals surface area contributed by atoms with Gasteiger partial charge in [0.1, 0.15) is 6.10 Å². The van der Waals surface area contributed by atoms with Crippen LogP contribution in [0.2, 0.25) is 0 Å². The Morgan fingerprint density at radius 3 is 2.42 bits per heavy atom. The molecular formula is C16H23NO2. The minimum Gasteiger partial charge on any atom is -0.454 e. The van der Waals surface area contributed by atoms with E-state index in [4.69, 9.17) is 4.74 Å². The normalized spacial score (nSPS) is 13.9. The van der Waals surface area contributed by atoms with E-state index < -0.39 is 0 Å². The number of rotatable bonds is 6. The van der Waals surface area contributed by atoms with E-state index in [0.717, 1.165) is 12.0 Å². The van der Waals surface area contributed by atoms with Gasteiger partial charge in [0, 0.05) is 12.1 Å².